The van der Waals surface area contributed by atoms with Crippen LogP contribution in [0.25, 0.3) is 21.9 Å². The molecule has 0 spiro atoms. The highest BCUT2D eigenvalue weighted by Crippen LogP contribution is 2.39. The third-order valence-electron chi connectivity index (χ3n) is 8.74. The molecule has 1 aliphatic heterocycles. The summed E-state index contributed by atoms with van der Waals surface area (Å²) in [5.74, 6) is -0.745. The smallest absolute Gasteiger partial charge is 0.336 e. The summed E-state index contributed by atoms with van der Waals surface area (Å²) in [5, 5.41) is 18.1. The minimum absolute atomic E-state index is 0.220. The number of carboxylic acid groups (broad SMARTS) is 2. The van der Waals surface area contributed by atoms with E-state index in [2.05, 4.69) is 55.3 Å². The van der Waals surface area contributed by atoms with Crippen molar-refractivity contribution in [2.75, 3.05) is 27.3 Å². The number of nitrogens with zero attached hydrogens (tertiary/aromatic N) is 1. The van der Waals surface area contributed by atoms with Crippen molar-refractivity contribution >= 4 is 45.5 Å². The standard InChI is InChI=1S/C21H26ClNO.C15H14O4.C4H4O4/c1-21(17-7-4-3-5-8-17,18-10-12-19(22)13-11-18)24-16-14-20-9-6-15-23(20)2;1-8(2)14-15(17-3)10-6-9-4-5-13(16)18-11(9)7-12(10)19-14;5-3(6)1-2-4(7)8/h3-5,7-8,10-13,20H,6,9,14-16H2,1-2H3;4-8H,1-3H3;1-2H,(H,5,6)(H,7,8). The zero-order valence-electron chi connectivity index (χ0n) is 29.4. The van der Waals surface area contributed by atoms with E-state index in [1.807, 2.05) is 38.1 Å². The van der Waals surface area contributed by atoms with E-state index >= 15 is 0 Å². The fraction of sp³-hybridized carbons (Fsp3) is 0.325. The van der Waals surface area contributed by atoms with Gasteiger partial charge in [0.05, 0.1) is 12.5 Å². The second-order valence-corrected chi connectivity index (χ2v) is 13.1. The molecule has 1 fully saturated rings. The maximum absolute atomic E-state index is 11.2. The summed E-state index contributed by atoms with van der Waals surface area (Å²) in [6.45, 7) is 8.20. The van der Waals surface area contributed by atoms with Crippen LogP contribution in [0.5, 0.6) is 5.75 Å². The second kappa shape index (κ2) is 17.8. The summed E-state index contributed by atoms with van der Waals surface area (Å²) in [6.07, 6.45) is 4.77. The quantitative estimate of drug-likeness (QED) is 0.107. The molecule has 1 saturated heterocycles. The molecule has 2 N–H and O–H groups in total. The molecule has 51 heavy (non-hydrogen) atoms. The fourth-order valence-electron chi connectivity index (χ4n) is 5.99. The van der Waals surface area contributed by atoms with Gasteiger partial charge in [0, 0.05) is 53.3 Å². The van der Waals surface area contributed by atoms with Gasteiger partial charge in [0.15, 0.2) is 5.75 Å². The third kappa shape index (κ3) is 10.3. The Labute approximate surface area is 301 Å². The molecule has 6 rings (SSSR count). The number of carbonyl (C=O) groups is 2. The summed E-state index contributed by atoms with van der Waals surface area (Å²) in [5.41, 5.74) is 2.68. The van der Waals surface area contributed by atoms with Gasteiger partial charge in [0.1, 0.15) is 22.5 Å². The summed E-state index contributed by atoms with van der Waals surface area (Å²) in [7, 11) is 3.85. The van der Waals surface area contributed by atoms with Gasteiger partial charge in [-0.2, -0.15) is 0 Å². The maximum Gasteiger partial charge on any atom is 0.336 e. The second-order valence-electron chi connectivity index (χ2n) is 12.6. The molecule has 0 radical (unpaired) electrons. The van der Waals surface area contributed by atoms with Crippen LogP contribution in [0.2, 0.25) is 5.02 Å². The van der Waals surface area contributed by atoms with Crippen molar-refractivity contribution in [2.45, 2.75) is 57.6 Å². The van der Waals surface area contributed by atoms with E-state index in [1.54, 1.807) is 19.2 Å². The Kier molecular flexibility index (Phi) is 13.6. The third-order valence-corrected chi connectivity index (χ3v) is 8.99. The summed E-state index contributed by atoms with van der Waals surface area (Å²) in [4.78, 5) is 32.8. The lowest BCUT2D eigenvalue weighted by atomic mass is 9.88. The van der Waals surface area contributed by atoms with Gasteiger partial charge in [-0.05, 0) is 75.2 Å². The van der Waals surface area contributed by atoms with E-state index < -0.39 is 17.5 Å². The van der Waals surface area contributed by atoms with Crippen molar-refractivity contribution in [2.24, 2.45) is 0 Å². The molecule has 1 aliphatic rings. The molecular weight excluding hydrogens is 674 g/mol. The van der Waals surface area contributed by atoms with Crippen molar-refractivity contribution in [3.8, 4) is 5.75 Å². The molecule has 10 nitrogen and oxygen atoms in total. The van der Waals surface area contributed by atoms with E-state index in [4.69, 9.17) is 40.1 Å². The number of rotatable bonds is 10. The van der Waals surface area contributed by atoms with Crippen molar-refractivity contribution in [3.63, 3.8) is 0 Å². The highest BCUT2D eigenvalue weighted by atomic mass is 35.5. The van der Waals surface area contributed by atoms with Gasteiger partial charge in [-0.3, -0.25) is 0 Å². The molecule has 0 bridgehead atoms. The molecule has 2 aromatic heterocycles. The average Bonchev–Trinajstić information content (AvgIpc) is 3.69. The number of fused-ring (bicyclic) bond motifs is 2. The minimum Gasteiger partial charge on any atom is -0.492 e. The molecular formula is C40H44ClNO9. The lowest BCUT2D eigenvalue weighted by molar-refractivity contribution is -0.134. The molecule has 3 aromatic carbocycles. The Hall–Kier alpha value is -4.90. The number of furan rings is 1. The van der Waals surface area contributed by atoms with Crippen LogP contribution in [0.4, 0.5) is 0 Å². The molecule has 5 aromatic rings. The van der Waals surface area contributed by atoms with Crippen molar-refractivity contribution < 1.29 is 38.1 Å². The minimum atomic E-state index is -1.26. The largest absolute Gasteiger partial charge is 0.492 e. The monoisotopic (exact) mass is 717 g/mol. The first-order valence-corrected chi connectivity index (χ1v) is 17.0. The van der Waals surface area contributed by atoms with Gasteiger partial charge in [-0.25, -0.2) is 14.4 Å². The molecule has 2 unspecified atom stereocenters. The van der Waals surface area contributed by atoms with Crippen LogP contribution in [0.15, 0.2) is 105 Å². The normalized spacial score (nSPS) is 15.6. The van der Waals surface area contributed by atoms with Crippen LogP contribution in [0.3, 0.4) is 0 Å². The van der Waals surface area contributed by atoms with Crippen LogP contribution >= 0.6 is 11.6 Å². The lowest BCUT2D eigenvalue weighted by Crippen LogP contribution is -2.31. The van der Waals surface area contributed by atoms with E-state index in [9.17, 15) is 14.4 Å². The molecule has 3 heterocycles. The van der Waals surface area contributed by atoms with E-state index in [-0.39, 0.29) is 11.5 Å². The van der Waals surface area contributed by atoms with Crippen LogP contribution in [-0.2, 0) is 19.9 Å². The first-order valence-electron chi connectivity index (χ1n) is 16.7. The van der Waals surface area contributed by atoms with Gasteiger partial charge in [-0.15, -0.1) is 0 Å². The Morgan fingerprint density at radius 3 is 2.18 bits per heavy atom. The lowest BCUT2D eigenvalue weighted by Gasteiger charge is -2.32. The summed E-state index contributed by atoms with van der Waals surface area (Å²) < 4.78 is 22.9. The number of aliphatic carboxylic acids is 2. The number of methoxy groups -OCH3 is 1. The average molecular weight is 718 g/mol. The number of hydrogen-bond donors (Lipinski definition) is 2. The van der Waals surface area contributed by atoms with E-state index in [0.717, 1.165) is 45.9 Å². The zero-order chi connectivity index (χ0) is 37.1. The Morgan fingerprint density at radius 1 is 0.961 bits per heavy atom. The van der Waals surface area contributed by atoms with E-state index in [1.165, 1.54) is 31.0 Å². The topological polar surface area (TPSA) is 140 Å². The van der Waals surface area contributed by atoms with Crippen LogP contribution in [0, 0.1) is 0 Å². The number of halogens is 1. The van der Waals surface area contributed by atoms with Crippen molar-refractivity contribution in [1.29, 1.82) is 0 Å². The van der Waals surface area contributed by atoms with Gasteiger partial charge in [0.25, 0.3) is 0 Å². The molecule has 2 atom stereocenters. The molecule has 11 heteroatoms. The van der Waals surface area contributed by atoms with Crippen LogP contribution in [0.1, 0.15) is 62.8 Å². The van der Waals surface area contributed by atoms with Crippen molar-refractivity contribution in [3.05, 3.63) is 123 Å². The highest BCUT2D eigenvalue weighted by Gasteiger charge is 2.31. The summed E-state index contributed by atoms with van der Waals surface area (Å²) in [6, 6.07) is 25.9. The maximum atomic E-state index is 11.2. The van der Waals surface area contributed by atoms with Crippen LogP contribution < -0.4 is 10.4 Å². The predicted molar refractivity (Wildman–Crippen MR) is 198 cm³/mol. The fourth-order valence-corrected chi connectivity index (χ4v) is 6.12. The predicted octanol–water partition coefficient (Wildman–Crippen LogP) is 8.49. The molecule has 270 valence electrons. The van der Waals surface area contributed by atoms with Gasteiger partial charge >= 0.3 is 17.6 Å². The number of likely N-dealkylation sites (tertiary alicyclic amines) is 1. The number of hydrogen-bond acceptors (Lipinski definition) is 8. The molecule has 0 amide bonds. The first kappa shape index (κ1) is 38.9. The first-order chi connectivity index (χ1) is 24.3. The van der Waals surface area contributed by atoms with Crippen molar-refractivity contribution in [1.82, 2.24) is 4.90 Å². The van der Waals surface area contributed by atoms with Crippen LogP contribution in [-0.4, -0.2) is 60.4 Å². The van der Waals surface area contributed by atoms with Gasteiger partial charge < -0.3 is 33.4 Å². The van der Waals surface area contributed by atoms with E-state index in [0.29, 0.717) is 29.4 Å². The highest BCUT2D eigenvalue weighted by molar-refractivity contribution is 6.30. The Bertz CT molecular complexity index is 1980. The number of ether oxygens (including phenoxy) is 2. The van der Waals surface area contributed by atoms with Gasteiger partial charge in [-0.1, -0.05) is 67.9 Å². The Morgan fingerprint density at radius 2 is 1.61 bits per heavy atom. The summed E-state index contributed by atoms with van der Waals surface area (Å²) >= 11 is 6.07. The molecule has 0 aliphatic carbocycles. The SMILES string of the molecule is CN1CCCC1CCOC(C)(c1ccccc1)c1ccc(Cl)cc1.COc1c(C(C)C)oc2cc3oc(=O)ccc3cc12.O=C(O)C=CC(=O)O. The Balaban J connectivity index is 0.000000192. The molecule has 0 saturated carbocycles. The zero-order valence-corrected chi connectivity index (χ0v) is 30.2. The number of benzene rings is 3. The van der Waals surface area contributed by atoms with Gasteiger partial charge in [0.2, 0.25) is 0 Å². The number of carboxylic acids is 2.